The van der Waals surface area contributed by atoms with Gasteiger partial charge >= 0.3 is 24.1 Å². The molecule has 10 N–H and O–H groups in total. The number of hydrazine groups is 1. The van der Waals surface area contributed by atoms with Crippen LogP contribution in [0.2, 0.25) is 0 Å². The van der Waals surface area contributed by atoms with Crippen molar-refractivity contribution < 1.29 is 67.4 Å². The molecular weight excluding hydrogens is 1030 g/mol. The van der Waals surface area contributed by atoms with Crippen LogP contribution in [-0.2, 0) is 67.3 Å². The van der Waals surface area contributed by atoms with E-state index >= 15 is 0 Å². The third-order valence-electron chi connectivity index (χ3n) is 11.1. The first-order valence-electron chi connectivity index (χ1n) is 25.7. The molecule has 0 heterocycles. The number of guanidine groups is 1. The number of nitrogens with zero attached hydrogens (tertiary/aromatic N) is 2. The molecule has 6 amide bonds. The molecule has 0 unspecified atom stereocenters. The molecule has 3 aromatic carbocycles. The lowest BCUT2D eigenvalue weighted by Crippen LogP contribution is -2.59. The molecule has 432 valence electrons. The summed E-state index contributed by atoms with van der Waals surface area (Å²) in [6.07, 6.45) is -2.63. The van der Waals surface area contributed by atoms with Gasteiger partial charge in [-0.3, -0.25) is 24.0 Å². The van der Waals surface area contributed by atoms with Crippen LogP contribution in [0.25, 0.3) is 0 Å². The van der Waals surface area contributed by atoms with Crippen molar-refractivity contribution in [3.63, 3.8) is 0 Å². The minimum absolute atomic E-state index is 0.00696. The van der Waals surface area contributed by atoms with Crippen molar-refractivity contribution in [1.82, 2.24) is 37.3 Å². The number of carbonyl (C=O) groups is 8. The number of rotatable bonds is 29. The molecule has 0 saturated carbocycles. The van der Waals surface area contributed by atoms with Gasteiger partial charge in [-0.2, -0.15) is 0 Å². The van der Waals surface area contributed by atoms with Gasteiger partial charge in [-0.15, -0.1) is 0 Å². The molecule has 0 aromatic heterocycles. The zero-order chi connectivity index (χ0) is 58.7. The maximum absolute atomic E-state index is 14.6. The number of benzene rings is 3. The number of nitro groups is 1. The van der Waals surface area contributed by atoms with E-state index in [1.54, 1.807) is 115 Å². The summed E-state index contributed by atoms with van der Waals surface area (Å²) in [6, 6.07) is 16.0. The van der Waals surface area contributed by atoms with Gasteiger partial charge in [0.15, 0.2) is 5.03 Å². The Labute approximate surface area is 459 Å². The number of phenolic OH excluding ortho intramolecular Hbond substituents is 1. The van der Waals surface area contributed by atoms with Crippen LogP contribution >= 0.6 is 0 Å². The number of ether oxygens (including phenoxy) is 4. The van der Waals surface area contributed by atoms with Gasteiger partial charge in [0.1, 0.15) is 60.4 Å². The maximum atomic E-state index is 14.6. The largest absolute Gasteiger partial charge is 0.508 e. The minimum Gasteiger partial charge on any atom is -0.508 e. The fourth-order valence-electron chi connectivity index (χ4n) is 7.23. The topological polar surface area (TPSA) is 359 Å². The molecule has 79 heavy (non-hydrogen) atoms. The Bertz CT molecular complexity index is 2520. The number of carbonyl (C=O) groups excluding carboxylic acids is 8. The summed E-state index contributed by atoms with van der Waals surface area (Å²) in [5.41, 5.74) is 7.27. The van der Waals surface area contributed by atoms with Gasteiger partial charge in [-0.25, -0.2) is 29.5 Å². The summed E-state index contributed by atoms with van der Waals surface area (Å²) in [5, 5.41) is 35.5. The summed E-state index contributed by atoms with van der Waals surface area (Å²) in [6.45, 7) is 12.8. The summed E-state index contributed by atoms with van der Waals surface area (Å²) < 4.78 is 21.8. The Morgan fingerprint density at radius 2 is 1.13 bits per heavy atom. The van der Waals surface area contributed by atoms with Gasteiger partial charge < -0.3 is 61.7 Å². The number of unbranched alkanes of at least 4 members (excludes halogenated alkanes) is 1. The van der Waals surface area contributed by atoms with E-state index in [1.165, 1.54) is 24.3 Å². The highest BCUT2D eigenvalue weighted by molar-refractivity contribution is 5.97. The van der Waals surface area contributed by atoms with E-state index in [2.05, 4.69) is 36.9 Å². The monoisotopic (exact) mass is 1100 g/mol. The van der Waals surface area contributed by atoms with Crippen LogP contribution in [0.1, 0.15) is 111 Å². The van der Waals surface area contributed by atoms with Gasteiger partial charge in [-0.1, -0.05) is 92.1 Å². The minimum atomic E-state index is -1.70. The predicted molar refractivity (Wildman–Crippen MR) is 289 cm³/mol. The summed E-state index contributed by atoms with van der Waals surface area (Å²) in [5.74, 6) is -6.62. The molecule has 3 aromatic rings. The zero-order valence-corrected chi connectivity index (χ0v) is 46.0. The number of nitrogens with one attached hydrogen (secondary N) is 7. The molecule has 0 spiro atoms. The number of nitrogens with two attached hydrogens (primary N) is 1. The van der Waals surface area contributed by atoms with Crippen LogP contribution in [0.15, 0.2) is 89.9 Å². The second kappa shape index (κ2) is 32.3. The lowest BCUT2D eigenvalue weighted by Gasteiger charge is -2.29. The highest BCUT2D eigenvalue weighted by Crippen LogP contribution is 2.16. The molecular formula is C54H76N10O15. The van der Waals surface area contributed by atoms with Gasteiger partial charge in [0.05, 0.1) is 6.42 Å². The second-order valence-electron chi connectivity index (χ2n) is 20.6. The molecule has 0 aliphatic heterocycles. The molecule has 0 fully saturated rings. The van der Waals surface area contributed by atoms with Crippen molar-refractivity contribution >= 4 is 53.7 Å². The molecule has 3 rings (SSSR count). The Kier molecular flexibility index (Phi) is 26.5. The Hall–Kier alpha value is -8.51. The first kappa shape index (κ1) is 64.8. The Morgan fingerprint density at radius 3 is 1.66 bits per heavy atom. The fourth-order valence-corrected chi connectivity index (χ4v) is 7.23. The third-order valence-corrected chi connectivity index (χ3v) is 11.1. The quantitative estimate of drug-likeness (QED) is 0.00906. The van der Waals surface area contributed by atoms with Crippen LogP contribution in [0, 0.1) is 16.0 Å². The van der Waals surface area contributed by atoms with Crippen LogP contribution in [0.4, 0.5) is 9.59 Å². The molecule has 5 atom stereocenters. The molecule has 0 aliphatic rings. The normalized spacial score (nSPS) is 13.4. The van der Waals surface area contributed by atoms with Gasteiger partial charge in [-0.05, 0) is 108 Å². The second-order valence-corrected chi connectivity index (χ2v) is 20.6. The number of phenols is 1. The van der Waals surface area contributed by atoms with Crippen LogP contribution in [-0.4, -0.2) is 118 Å². The van der Waals surface area contributed by atoms with Gasteiger partial charge in [0.2, 0.25) is 23.6 Å². The SMILES string of the molecule is CC(C)[C@H](NC(=O)[C@H](CC(=O)OCc1ccccc1)NC(=O)[C@H](CCCCNC(=O)OCc1ccccc1)NC(=O)[C@H](CCCN=C(N)N[N+](=O)[O-])NC(=O)[C@H](Cc1ccc(O)cc1)NC(=O)OC(C)(C)C)C(=O)OC(C)(C)C. The number of aromatic hydroxyl groups is 1. The van der Waals surface area contributed by atoms with Crippen molar-refractivity contribution in [1.29, 1.82) is 0 Å². The van der Waals surface area contributed by atoms with Crippen molar-refractivity contribution in [2.45, 2.75) is 155 Å². The van der Waals surface area contributed by atoms with Crippen LogP contribution in [0.3, 0.4) is 0 Å². The number of alkyl carbamates (subject to hydrolysis) is 2. The van der Waals surface area contributed by atoms with Gasteiger partial charge in [0.25, 0.3) is 5.96 Å². The molecule has 25 heteroatoms. The van der Waals surface area contributed by atoms with E-state index < -0.39 is 112 Å². The van der Waals surface area contributed by atoms with Crippen molar-refractivity contribution in [3.8, 4) is 5.75 Å². The zero-order valence-electron chi connectivity index (χ0n) is 46.0. The number of hydrogen-bond acceptors (Lipinski definition) is 16. The summed E-state index contributed by atoms with van der Waals surface area (Å²) >= 11 is 0. The lowest BCUT2D eigenvalue weighted by atomic mass is 10.0. The van der Waals surface area contributed by atoms with Crippen molar-refractivity contribution in [2.24, 2.45) is 16.6 Å². The fraction of sp³-hybridized carbons (Fsp3) is 0.500. The summed E-state index contributed by atoms with van der Waals surface area (Å²) in [7, 11) is 0. The summed E-state index contributed by atoms with van der Waals surface area (Å²) in [4.78, 5) is 125. The molecule has 25 nitrogen and oxygen atoms in total. The number of hydrogen-bond donors (Lipinski definition) is 9. The van der Waals surface area contributed by atoms with Gasteiger partial charge in [0, 0.05) is 19.5 Å². The first-order valence-corrected chi connectivity index (χ1v) is 25.7. The first-order chi connectivity index (χ1) is 37.2. The predicted octanol–water partition coefficient (Wildman–Crippen LogP) is 3.87. The average Bonchev–Trinajstić information content (AvgIpc) is 3.36. The number of esters is 2. The van der Waals surface area contributed by atoms with Crippen molar-refractivity contribution in [3.05, 3.63) is 112 Å². The number of amides is 6. The molecule has 0 bridgehead atoms. The standard InChI is InChI=1S/C54H76N10O15/c1-34(2)44(49(71)78-53(3,4)5)62-48(70)42(31-43(66)76-32-36-18-11-9-12-19-36)60-46(68)39(22-15-16-28-57-51(72)77-33-37-20-13-10-14-21-37)58-45(67)40(23-17-29-56-50(55)63-64(74)75)59-47(69)41(61-52(73)79-54(6,7)8)30-35-24-26-38(65)27-25-35/h9-14,18-21,24-27,34,39-42,44,65H,15-17,22-23,28-33H2,1-8H3,(H,57,72)(H,58,67)(H,59,69)(H,60,68)(H,61,73)(H,62,70)(H3,55,56,63)/t39-,40-,41-,42-,44-/m0/s1. The molecule has 0 radical (unpaired) electrons. The third kappa shape index (κ3) is 26.9. The van der Waals surface area contributed by atoms with E-state index in [-0.39, 0.29) is 70.6 Å². The Morgan fingerprint density at radius 1 is 0.620 bits per heavy atom. The van der Waals surface area contributed by atoms with E-state index in [0.29, 0.717) is 11.1 Å². The number of aliphatic imine (C=N–C) groups is 1. The average molecular weight is 1110 g/mol. The highest BCUT2D eigenvalue weighted by Gasteiger charge is 2.36. The lowest BCUT2D eigenvalue weighted by molar-refractivity contribution is -0.525. The molecule has 0 saturated heterocycles. The van der Waals surface area contributed by atoms with Crippen molar-refractivity contribution in [2.75, 3.05) is 13.1 Å². The van der Waals surface area contributed by atoms with Crippen LogP contribution in [0.5, 0.6) is 5.75 Å². The van der Waals surface area contributed by atoms with Crippen LogP contribution < -0.4 is 43.1 Å². The smallest absolute Gasteiger partial charge is 0.408 e. The highest BCUT2D eigenvalue weighted by atomic mass is 16.7. The van der Waals surface area contributed by atoms with E-state index in [9.17, 15) is 53.6 Å². The maximum Gasteiger partial charge on any atom is 0.408 e. The Balaban J connectivity index is 2.02. The molecule has 0 aliphatic carbocycles. The van der Waals surface area contributed by atoms with E-state index in [1.807, 2.05) is 6.07 Å². The van der Waals surface area contributed by atoms with E-state index in [0.717, 1.165) is 5.56 Å². The van der Waals surface area contributed by atoms with E-state index in [4.69, 9.17) is 24.7 Å².